The van der Waals surface area contributed by atoms with Gasteiger partial charge in [0.1, 0.15) is 6.54 Å². The number of amides is 1. The molecule has 0 unspecified atom stereocenters. The highest BCUT2D eigenvalue weighted by molar-refractivity contribution is 8.18. The molecule has 132 valence electrons. The molecule has 2 heterocycles. The van der Waals surface area contributed by atoms with Gasteiger partial charge in [0.2, 0.25) is 0 Å². The fourth-order valence-electron chi connectivity index (χ4n) is 2.85. The lowest BCUT2D eigenvalue weighted by Gasteiger charge is -1.96. The molecule has 0 atom stereocenters. The SMILES string of the molecule is N#CCn1cc(/C=C2\SC(=Nc3ccc(Cl)cc3)NC2=O)c2ccccc21. The number of aliphatic imine (C=N–C) groups is 1. The van der Waals surface area contributed by atoms with Crippen molar-refractivity contribution in [3.05, 3.63) is 70.2 Å². The minimum atomic E-state index is -0.190. The molecule has 1 saturated heterocycles. The van der Waals surface area contributed by atoms with Crippen LogP contribution >= 0.6 is 23.4 Å². The number of hydrogen-bond acceptors (Lipinski definition) is 4. The zero-order valence-electron chi connectivity index (χ0n) is 14.0. The van der Waals surface area contributed by atoms with Gasteiger partial charge in [-0.1, -0.05) is 29.8 Å². The summed E-state index contributed by atoms with van der Waals surface area (Å²) in [6, 6.07) is 17.1. The van der Waals surface area contributed by atoms with Crippen LogP contribution < -0.4 is 5.32 Å². The number of amidine groups is 1. The van der Waals surface area contributed by atoms with Crippen LogP contribution in [-0.4, -0.2) is 15.6 Å². The maximum absolute atomic E-state index is 12.3. The molecule has 1 amide bonds. The molecule has 1 aromatic heterocycles. The predicted octanol–water partition coefficient (Wildman–Crippen LogP) is 4.71. The molecule has 0 saturated carbocycles. The van der Waals surface area contributed by atoms with Crippen molar-refractivity contribution in [1.82, 2.24) is 9.88 Å². The Bertz CT molecular complexity index is 1140. The van der Waals surface area contributed by atoms with Crippen LogP contribution in [-0.2, 0) is 11.3 Å². The Morgan fingerprint density at radius 1 is 1.22 bits per heavy atom. The Kier molecular flexibility index (Phi) is 4.71. The highest BCUT2D eigenvalue weighted by atomic mass is 35.5. The molecular formula is C20H13ClN4OS. The molecule has 1 aliphatic rings. The maximum Gasteiger partial charge on any atom is 0.264 e. The van der Waals surface area contributed by atoms with Crippen LogP contribution in [0, 0.1) is 11.3 Å². The van der Waals surface area contributed by atoms with Crippen LogP contribution in [0.15, 0.2) is 64.6 Å². The maximum atomic E-state index is 12.3. The third-order valence-electron chi connectivity index (χ3n) is 4.06. The van der Waals surface area contributed by atoms with Gasteiger partial charge in [-0.2, -0.15) is 5.26 Å². The van der Waals surface area contributed by atoms with E-state index in [1.807, 2.05) is 41.1 Å². The first-order valence-corrected chi connectivity index (χ1v) is 9.33. The first-order valence-electron chi connectivity index (χ1n) is 8.14. The number of halogens is 1. The van der Waals surface area contributed by atoms with E-state index in [1.165, 1.54) is 11.8 Å². The molecule has 0 radical (unpaired) electrons. The minimum Gasteiger partial charge on any atom is -0.333 e. The predicted molar refractivity (Wildman–Crippen MR) is 110 cm³/mol. The Balaban J connectivity index is 1.67. The fourth-order valence-corrected chi connectivity index (χ4v) is 3.81. The summed E-state index contributed by atoms with van der Waals surface area (Å²) < 4.78 is 1.88. The number of aromatic nitrogens is 1. The number of hydrogen-bond donors (Lipinski definition) is 1. The molecule has 3 aromatic rings. The number of fused-ring (bicyclic) bond motifs is 1. The second-order valence-corrected chi connectivity index (χ2v) is 7.31. The summed E-state index contributed by atoms with van der Waals surface area (Å²) in [5.74, 6) is -0.190. The largest absolute Gasteiger partial charge is 0.333 e. The van der Waals surface area contributed by atoms with Crippen LogP contribution in [0.5, 0.6) is 0 Å². The first kappa shape index (κ1) is 17.4. The second-order valence-electron chi connectivity index (χ2n) is 5.85. The number of carbonyl (C=O) groups is 1. The lowest BCUT2D eigenvalue weighted by Crippen LogP contribution is -2.19. The van der Waals surface area contributed by atoms with Crippen LogP contribution in [0.3, 0.4) is 0 Å². The number of benzene rings is 2. The van der Waals surface area contributed by atoms with E-state index in [2.05, 4.69) is 16.4 Å². The highest BCUT2D eigenvalue weighted by Crippen LogP contribution is 2.31. The van der Waals surface area contributed by atoms with Gasteiger partial charge in [-0.05, 0) is 48.2 Å². The molecule has 5 nitrogen and oxygen atoms in total. The van der Waals surface area contributed by atoms with E-state index in [0.29, 0.717) is 20.8 Å². The Hall–Kier alpha value is -3.01. The molecule has 1 N–H and O–H groups in total. The Morgan fingerprint density at radius 3 is 2.78 bits per heavy atom. The Morgan fingerprint density at radius 2 is 2.00 bits per heavy atom. The fraction of sp³-hybridized carbons (Fsp3) is 0.0500. The van der Waals surface area contributed by atoms with Gasteiger partial charge < -0.3 is 9.88 Å². The molecule has 7 heteroatoms. The van der Waals surface area contributed by atoms with Gasteiger partial charge in [0.05, 0.1) is 16.7 Å². The van der Waals surface area contributed by atoms with Crippen molar-refractivity contribution in [1.29, 1.82) is 5.26 Å². The molecule has 0 bridgehead atoms. The summed E-state index contributed by atoms with van der Waals surface area (Å²) >= 11 is 7.17. The second kappa shape index (κ2) is 7.31. The van der Waals surface area contributed by atoms with Gasteiger partial charge in [-0.3, -0.25) is 4.79 Å². The molecule has 27 heavy (non-hydrogen) atoms. The van der Waals surface area contributed by atoms with E-state index < -0.39 is 0 Å². The van der Waals surface area contributed by atoms with Gasteiger partial charge in [0.15, 0.2) is 5.17 Å². The zero-order chi connectivity index (χ0) is 18.8. The summed E-state index contributed by atoms with van der Waals surface area (Å²) in [5.41, 5.74) is 2.57. The lowest BCUT2D eigenvalue weighted by molar-refractivity contribution is -0.115. The van der Waals surface area contributed by atoms with Gasteiger partial charge in [0, 0.05) is 27.7 Å². The van der Waals surface area contributed by atoms with Crippen molar-refractivity contribution in [2.75, 3.05) is 0 Å². The molecule has 4 rings (SSSR count). The van der Waals surface area contributed by atoms with Crippen molar-refractivity contribution in [2.24, 2.45) is 4.99 Å². The number of thioether (sulfide) groups is 1. The van der Waals surface area contributed by atoms with Crippen molar-refractivity contribution in [3.8, 4) is 6.07 Å². The number of carbonyl (C=O) groups excluding carboxylic acids is 1. The van der Waals surface area contributed by atoms with Crippen molar-refractivity contribution < 1.29 is 4.79 Å². The molecule has 1 fully saturated rings. The standard InChI is InChI=1S/C20H13ClN4OS/c21-14-5-7-15(8-6-14)23-20-24-19(26)18(27-20)11-13-12-25(10-9-22)17-4-2-1-3-16(13)17/h1-8,11-12H,10H2,(H,23,24,26)/b18-11-. The third kappa shape index (κ3) is 3.61. The topological polar surface area (TPSA) is 70.2 Å². The third-order valence-corrected chi connectivity index (χ3v) is 5.22. The average Bonchev–Trinajstić information content (AvgIpc) is 3.19. The van der Waals surface area contributed by atoms with E-state index in [4.69, 9.17) is 16.9 Å². The van der Waals surface area contributed by atoms with E-state index in [1.54, 1.807) is 24.3 Å². The van der Waals surface area contributed by atoms with E-state index in [0.717, 1.165) is 16.5 Å². The van der Waals surface area contributed by atoms with Crippen LogP contribution in [0.25, 0.3) is 17.0 Å². The van der Waals surface area contributed by atoms with Gasteiger partial charge in [-0.25, -0.2) is 4.99 Å². The summed E-state index contributed by atoms with van der Waals surface area (Å²) in [4.78, 5) is 17.3. The number of nitrogens with one attached hydrogen (secondary N) is 1. The normalized spacial score (nSPS) is 16.8. The smallest absolute Gasteiger partial charge is 0.264 e. The van der Waals surface area contributed by atoms with Crippen molar-refractivity contribution >= 4 is 57.1 Å². The minimum absolute atomic E-state index is 0.190. The van der Waals surface area contributed by atoms with E-state index in [9.17, 15) is 4.79 Å². The summed E-state index contributed by atoms with van der Waals surface area (Å²) in [5, 5.41) is 14.0. The quantitative estimate of drug-likeness (QED) is 0.656. The van der Waals surface area contributed by atoms with Crippen molar-refractivity contribution in [2.45, 2.75) is 6.54 Å². The summed E-state index contributed by atoms with van der Waals surface area (Å²) in [6.07, 6.45) is 3.73. The summed E-state index contributed by atoms with van der Waals surface area (Å²) in [7, 11) is 0. The molecule has 2 aromatic carbocycles. The number of para-hydroxylation sites is 1. The number of rotatable bonds is 3. The van der Waals surface area contributed by atoms with Crippen LogP contribution in [0.4, 0.5) is 5.69 Å². The molecular weight excluding hydrogens is 380 g/mol. The molecule has 0 spiro atoms. The van der Waals surface area contributed by atoms with Gasteiger partial charge in [-0.15, -0.1) is 0 Å². The summed E-state index contributed by atoms with van der Waals surface area (Å²) in [6.45, 7) is 0.256. The molecule has 1 aliphatic heterocycles. The monoisotopic (exact) mass is 392 g/mol. The van der Waals surface area contributed by atoms with Crippen LogP contribution in [0.2, 0.25) is 5.02 Å². The van der Waals surface area contributed by atoms with E-state index in [-0.39, 0.29) is 12.5 Å². The van der Waals surface area contributed by atoms with E-state index >= 15 is 0 Å². The number of nitrogens with zero attached hydrogens (tertiary/aromatic N) is 3. The van der Waals surface area contributed by atoms with Gasteiger partial charge >= 0.3 is 0 Å². The zero-order valence-corrected chi connectivity index (χ0v) is 15.6. The van der Waals surface area contributed by atoms with Crippen molar-refractivity contribution in [3.63, 3.8) is 0 Å². The van der Waals surface area contributed by atoms with Crippen LogP contribution in [0.1, 0.15) is 5.56 Å². The highest BCUT2D eigenvalue weighted by Gasteiger charge is 2.24. The number of nitriles is 1. The average molecular weight is 393 g/mol. The van der Waals surface area contributed by atoms with Gasteiger partial charge in [0.25, 0.3) is 5.91 Å². The molecule has 0 aliphatic carbocycles. The lowest BCUT2D eigenvalue weighted by atomic mass is 10.1. The first-order chi connectivity index (χ1) is 13.1. The Labute approximate surface area is 165 Å².